The lowest BCUT2D eigenvalue weighted by Crippen LogP contribution is -2.64. The number of nitrogens with zero attached hydrogens (tertiary/aromatic N) is 3. The zero-order valence-corrected chi connectivity index (χ0v) is 13.9. The van der Waals surface area contributed by atoms with Gasteiger partial charge in [0.1, 0.15) is 0 Å². The largest absolute Gasteiger partial charge is 0.362 e. The zero-order chi connectivity index (χ0) is 17.0. The highest BCUT2D eigenvalue weighted by Crippen LogP contribution is 2.16. The van der Waals surface area contributed by atoms with Crippen molar-refractivity contribution >= 4 is 37.9 Å². The fourth-order valence-electron chi connectivity index (χ4n) is 1.63. The highest BCUT2D eigenvalue weighted by Gasteiger charge is 2.35. The number of hydrogen-bond acceptors (Lipinski definition) is 9. The van der Waals surface area contributed by atoms with Crippen molar-refractivity contribution < 1.29 is 15.3 Å². The molecule has 0 aliphatic heterocycles. The van der Waals surface area contributed by atoms with Gasteiger partial charge in [-0.15, -0.1) is 37.9 Å². The minimum atomic E-state index is -2.30. The van der Waals surface area contributed by atoms with E-state index in [1.165, 1.54) is 0 Å². The van der Waals surface area contributed by atoms with Crippen LogP contribution in [0.1, 0.15) is 20.8 Å². The van der Waals surface area contributed by atoms with E-state index in [1.807, 2.05) is 0 Å². The van der Waals surface area contributed by atoms with Crippen LogP contribution in [0.4, 0.5) is 0 Å². The summed E-state index contributed by atoms with van der Waals surface area (Å²) >= 11 is 11.0. The molecule has 1 heterocycles. The van der Waals surface area contributed by atoms with E-state index in [-0.39, 0.29) is 13.7 Å². The summed E-state index contributed by atoms with van der Waals surface area (Å²) in [6, 6.07) is 0. The second kappa shape index (κ2) is 5.21. The molecule has 0 spiro atoms. The van der Waals surface area contributed by atoms with Crippen molar-refractivity contribution in [3.8, 4) is 0 Å². The molecule has 0 fully saturated rings. The predicted octanol–water partition coefficient (Wildman–Crippen LogP) is -2.17. The molecule has 3 N–H and O–H groups in total. The molecule has 120 valence electrons. The molecule has 0 aliphatic carbocycles. The first-order valence-corrected chi connectivity index (χ1v) is 6.81. The van der Waals surface area contributed by atoms with Crippen molar-refractivity contribution in [3.63, 3.8) is 0 Å². The molecule has 0 bridgehead atoms. The van der Waals surface area contributed by atoms with Gasteiger partial charge in [-0.05, 0) is 20.8 Å². The topological polar surface area (TPSA) is 127 Å². The Morgan fingerprint density at radius 2 is 0.810 bits per heavy atom. The van der Waals surface area contributed by atoms with E-state index in [9.17, 15) is 29.7 Å². The Bertz CT molecular complexity index is 598. The minimum absolute atomic E-state index is 0.160. The summed E-state index contributed by atoms with van der Waals surface area (Å²) in [6.45, 7) is 2.95. The molecule has 1 rings (SSSR count). The number of rotatable bonds is 3. The van der Waals surface area contributed by atoms with Gasteiger partial charge in [0.2, 0.25) is 0 Å². The van der Waals surface area contributed by atoms with Crippen LogP contribution < -0.4 is 17.1 Å². The van der Waals surface area contributed by atoms with E-state index in [0.717, 1.165) is 20.8 Å². The van der Waals surface area contributed by atoms with Crippen molar-refractivity contribution in [2.45, 2.75) is 35.9 Å². The number of aliphatic hydroxyl groups is 3. The lowest BCUT2D eigenvalue weighted by molar-refractivity contribution is 0.0208. The van der Waals surface area contributed by atoms with Crippen LogP contribution in [0.25, 0.3) is 0 Å². The van der Waals surface area contributed by atoms with Crippen LogP contribution in [0.15, 0.2) is 14.4 Å². The van der Waals surface area contributed by atoms with Crippen LogP contribution in [0.2, 0.25) is 0 Å². The maximum Gasteiger partial charge on any atom is 0.342 e. The molecule has 0 saturated heterocycles. The van der Waals surface area contributed by atoms with Crippen LogP contribution in [-0.4, -0.2) is 29.0 Å². The normalized spacial score (nSPS) is 20.4. The summed E-state index contributed by atoms with van der Waals surface area (Å²) in [5.41, 5.74) is -4.09. The Labute approximate surface area is 134 Å². The van der Waals surface area contributed by atoms with Crippen molar-refractivity contribution in [3.05, 3.63) is 31.5 Å². The van der Waals surface area contributed by atoms with Crippen molar-refractivity contribution in [2.24, 2.45) is 0 Å². The number of hydrogen-bond donors (Lipinski definition) is 6. The summed E-state index contributed by atoms with van der Waals surface area (Å²) in [6.07, 6.45) is 0. The van der Waals surface area contributed by atoms with E-state index in [2.05, 4.69) is 37.9 Å². The van der Waals surface area contributed by atoms with Gasteiger partial charge in [-0.2, -0.15) is 0 Å². The lowest BCUT2D eigenvalue weighted by Gasteiger charge is -2.28. The summed E-state index contributed by atoms with van der Waals surface area (Å²) < 4.78 is 0.479. The van der Waals surface area contributed by atoms with E-state index in [0.29, 0.717) is 0 Å². The molecule has 12 heteroatoms. The van der Waals surface area contributed by atoms with E-state index < -0.39 is 32.2 Å². The highest BCUT2D eigenvalue weighted by molar-refractivity contribution is 7.81. The van der Waals surface area contributed by atoms with Crippen LogP contribution in [0.5, 0.6) is 0 Å². The lowest BCUT2D eigenvalue weighted by atomic mass is 10.5. The van der Waals surface area contributed by atoms with Gasteiger partial charge < -0.3 is 15.3 Å². The van der Waals surface area contributed by atoms with Gasteiger partial charge in [-0.25, -0.2) is 28.1 Å². The average molecular weight is 357 g/mol. The molecule has 0 radical (unpaired) electrons. The van der Waals surface area contributed by atoms with Crippen LogP contribution >= 0.6 is 37.9 Å². The maximum atomic E-state index is 12.2. The fourth-order valence-corrected chi connectivity index (χ4v) is 2.15. The molecule has 3 unspecified atom stereocenters. The van der Waals surface area contributed by atoms with Gasteiger partial charge in [0.15, 0.2) is 15.2 Å². The quantitative estimate of drug-likeness (QED) is 0.270. The minimum Gasteiger partial charge on any atom is -0.362 e. The van der Waals surface area contributed by atoms with Gasteiger partial charge in [-0.1, -0.05) is 0 Å². The molecule has 0 aliphatic rings. The van der Waals surface area contributed by atoms with E-state index in [4.69, 9.17) is 0 Å². The van der Waals surface area contributed by atoms with Crippen LogP contribution in [-0.2, 0) is 15.2 Å². The molecular weight excluding hydrogens is 342 g/mol. The second-order valence-electron chi connectivity index (χ2n) is 4.77. The highest BCUT2D eigenvalue weighted by atomic mass is 32.1. The zero-order valence-electron chi connectivity index (χ0n) is 11.2. The summed E-state index contributed by atoms with van der Waals surface area (Å²) in [5.74, 6) is 0. The third-order valence-corrected chi connectivity index (χ3v) is 3.02. The first-order chi connectivity index (χ1) is 9.10. The van der Waals surface area contributed by atoms with Gasteiger partial charge in [0.25, 0.3) is 0 Å². The Balaban J connectivity index is 4.21. The van der Waals surface area contributed by atoms with Gasteiger partial charge in [0.05, 0.1) is 0 Å². The average Bonchev–Trinajstić information content (AvgIpc) is 2.07. The smallest absolute Gasteiger partial charge is 0.342 e. The SMILES string of the molecule is CC(O)(S)n1c(=O)n(C(C)(O)S)c(=O)n(C(C)(O)S)c1=O. The summed E-state index contributed by atoms with van der Waals surface area (Å²) in [7, 11) is 0. The van der Waals surface area contributed by atoms with Crippen molar-refractivity contribution in [1.29, 1.82) is 0 Å². The van der Waals surface area contributed by atoms with Crippen LogP contribution in [0, 0.1) is 0 Å². The molecule has 0 saturated carbocycles. The van der Waals surface area contributed by atoms with Gasteiger partial charge in [-0.3, -0.25) is 0 Å². The third kappa shape index (κ3) is 3.40. The number of aromatic nitrogens is 3. The van der Waals surface area contributed by atoms with Gasteiger partial charge >= 0.3 is 17.1 Å². The molecule has 3 atom stereocenters. The Morgan fingerprint density at radius 1 is 0.667 bits per heavy atom. The molecular formula is C9H15N3O6S3. The summed E-state index contributed by atoms with van der Waals surface area (Å²) in [4.78, 5) is 36.5. The molecule has 0 amide bonds. The Hall–Kier alpha value is -0.660. The van der Waals surface area contributed by atoms with Crippen molar-refractivity contribution in [2.75, 3.05) is 0 Å². The Morgan fingerprint density at radius 3 is 0.905 bits per heavy atom. The predicted molar refractivity (Wildman–Crippen MR) is 83.8 cm³/mol. The van der Waals surface area contributed by atoms with Crippen molar-refractivity contribution in [1.82, 2.24) is 13.7 Å². The monoisotopic (exact) mass is 357 g/mol. The molecule has 9 nitrogen and oxygen atoms in total. The van der Waals surface area contributed by atoms with Gasteiger partial charge in [0, 0.05) is 0 Å². The molecule has 1 aromatic heterocycles. The van der Waals surface area contributed by atoms with E-state index >= 15 is 0 Å². The maximum absolute atomic E-state index is 12.2. The fraction of sp³-hybridized carbons (Fsp3) is 0.667. The second-order valence-corrected chi connectivity index (χ2v) is 7.31. The summed E-state index contributed by atoms with van der Waals surface area (Å²) in [5, 5.41) is 22.5. The first kappa shape index (κ1) is 18.4. The molecule has 1 aromatic rings. The molecule has 21 heavy (non-hydrogen) atoms. The van der Waals surface area contributed by atoms with Crippen LogP contribution in [0.3, 0.4) is 0 Å². The Kier molecular flexibility index (Phi) is 4.56. The molecule has 0 aromatic carbocycles. The first-order valence-electron chi connectivity index (χ1n) is 5.47. The standard InChI is InChI=1S/C9H15N3O6S3/c1-7(16,19)10-4(13)11(8(2,17)20)6(15)12(5(10)14)9(3,18)21/h16-21H,1-3H3. The third-order valence-electron chi connectivity index (χ3n) is 2.42. The number of thiol groups is 3. The van der Waals surface area contributed by atoms with E-state index in [1.54, 1.807) is 0 Å².